The van der Waals surface area contributed by atoms with Crippen LogP contribution in [0.3, 0.4) is 0 Å². The number of nitrogens with zero attached hydrogens (tertiary/aromatic N) is 1. The van der Waals surface area contributed by atoms with E-state index in [9.17, 15) is 14.0 Å². The SMILES string of the molecule is CC(C)(C)N1CC(NC(=O)Cc2ccccc2F)CC1=O. The van der Waals surface area contributed by atoms with Gasteiger partial charge in [-0.3, -0.25) is 9.59 Å². The Balaban J connectivity index is 1.93. The molecule has 1 fully saturated rings. The normalized spacial score (nSPS) is 19.0. The Morgan fingerprint density at radius 1 is 1.38 bits per heavy atom. The van der Waals surface area contributed by atoms with Crippen molar-refractivity contribution < 1.29 is 14.0 Å². The summed E-state index contributed by atoms with van der Waals surface area (Å²) in [6.45, 7) is 6.41. The van der Waals surface area contributed by atoms with E-state index in [1.807, 2.05) is 20.8 Å². The number of halogens is 1. The average Bonchev–Trinajstić information content (AvgIpc) is 2.73. The molecular formula is C16H21FN2O2. The van der Waals surface area contributed by atoms with Crippen LogP contribution in [0.5, 0.6) is 0 Å². The van der Waals surface area contributed by atoms with Gasteiger partial charge >= 0.3 is 0 Å². The van der Waals surface area contributed by atoms with Gasteiger partial charge in [0.25, 0.3) is 0 Å². The van der Waals surface area contributed by atoms with Crippen LogP contribution >= 0.6 is 0 Å². The molecule has 1 aliphatic heterocycles. The summed E-state index contributed by atoms with van der Waals surface area (Å²) in [6, 6.07) is 6.02. The van der Waals surface area contributed by atoms with E-state index in [1.165, 1.54) is 6.07 Å². The fourth-order valence-electron chi connectivity index (χ4n) is 2.55. The van der Waals surface area contributed by atoms with Crippen LogP contribution in [0.15, 0.2) is 24.3 Å². The third kappa shape index (κ3) is 3.80. The maximum absolute atomic E-state index is 13.5. The molecule has 4 nitrogen and oxygen atoms in total. The molecule has 1 aromatic rings. The fraction of sp³-hybridized carbons (Fsp3) is 0.500. The van der Waals surface area contributed by atoms with Crippen molar-refractivity contribution in [2.75, 3.05) is 6.54 Å². The molecule has 0 aromatic heterocycles. The minimum atomic E-state index is -0.383. The lowest BCUT2D eigenvalue weighted by Gasteiger charge is -2.32. The number of hydrogen-bond acceptors (Lipinski definition) is 2. The van der Waals surface area contributed by atoms with E-state index < -0.39 is 0 Å². The third-order valence-electron chi connectivity index (χ3n) is 3.61. The van der Waals surface area contributed by atoms with E-state index in [4.69, 9.17) is 0 Å². The monoisotopic (exact) mass is 292 g/mol. The number of nitrogens with one attached hydrogen (secondary N) is 1. The van der Waals surface area contributed by atoms with Crippen LogP contribution in [0.4, 0.5) is 4.39 Å². The van der Waals surface area contributed by atoms with E-state index in [-0.39, 0.29) is 35.6 Å². The lowest BCUT2D eigenvalue weighted by molar-refractivity contribution is -0.131. The van der Waals surface area contributed by atoms with Crippen molar-refractivity contribution in [3.8, 4) is 0 Å². The lowest BCUT2D eigenvalue weighted by atomic mass is 10.1. The number of likely N-dealkylation sites (tertiary alicyclic amines) is 1. The molecule has 1 N–H and O–H groups in total. The quantitative estimate of drug-likeness (QED) is 0.925. The first-order valence-corrected chi connectivity index (χ1v) is 7.10. The van der Waals surface area contributed by atoms with Gasteiger partial charge in [-0.25, -0.2) is 4.39 Å². The summed E-state index contributed by atoms with van der Waals surface area (Å²) in [5.41, 5.74) is 0.120. The standard InChI is InChI=1S/C16H21FN2O2/c1-16(2,3)19-10-12(9-15(19)21)18-14(20)8-11-6-4-5-7-13(11)17/h4-7,12H,8-10H2,1-3H3,(H,18,20). The first-order valence-electron chi connectivity index (χ1n) is 7.10. The van der Waals surface area contributed by atoms with E-state index in [2.05, 4.69) is 5.32 Å². The van der Waals surface area contributed by atoms with Crippen molar-refractivity contribution in [2.45, 2.75) is 45.2 Å². The molecule has 1 unspecified atom stereocenters. The van der Waals surface area contributed by atoms with Gasteiger partial charge in [-0.05, 0) is 32.4 Å². The number of carbonyl (C=O) groups excluding carboxylic acids is 2. The van der Waals surface area contributed by atoms with Crippen LogP contribution in [-0.2, 0) is 16.0 Å². The summed E-state index contributed by atoms with van der Waals surface area (Å²) in [5.74, 6) is -0.598. The van der Waals surface area contributed by atoms with Gasteiger partial charge in [0, 0.05) is 18.5 Å². The Bertz CT molecular complexity index is 551. The molecule has 1 atom stereocenters. The van der Waals surface area contributed by atoms with Crippen molar-refractivity contribution in [3.05, 3.63) is 35.6 Å². The molecule has 0 aliphatic carbocycles. The molecule has 21 heavy (non-hydrogen) atoms. The van der Waals surface area contributed by atoms with Gasteiger partial charge in [0.2, 0.25) is 11.8 Å². The van der Waals surface area contributed by atoms with Gasteiger partial charge in [0.1, 0.15) is 5.82 Å². The number of benzene rings is 1. The van der Waals surface area contributed by atoms with Crippen LogP contribution in [0.25, 0.3) is 0 Å². The van der Waals surface area contributed by atoms with Crippen molar-refractivity contribution in [1.82, 2.24) is 10.2 Å². The van der Waals surface area contributed by atoms with Gasteiger partial charge in [-0.2, -0.15) is 0 Å². The predicted octanol–water partition coefficient (Wildman–Crippen LogP) is 1.88. The largest absolute Gasteiger partial charge is 0.351 e. The minimum Gasteiger partial charge on any atom is -0.351 e. The molecule has 0 saturated carbocycles. The van der Waals surface area contributed by atoms with E-state index in [1.54, 1.807) is 23.1 Å². The highest BCUT2D eigenvalue weighted by Crippen LogP contribution is 2.22. The number of amides is 2. The van der Waals surface area contributed by atoms with Crippen LogP contribution in [0.2, 0.25) is 0 Å². The Morgan fingerprint density at radius 2 is 2.05 bits per heavy atom. The number of hydrogen-bond donors (Lipinski definition) is 1. The molecule has 0 radical (unpaired) electrons. The Hall–Kier alpha value is -1.91. The van der Waals surface area contributed by atoms with Gasteiger partial charge in [-0.1, -0.05) is 18.2 Å². The second kappa shape index (κ2) is 5.84. The molecule has 5 heteroatoms. The summed E-state index contributed by atoms with van der Waals surface area (Å²) in [6.07, 6.45) is 0.299. The predicted molar refractivity (Wildman–Crippen MR) is 78.1 cm³/mol. The van der Waals surface area contributed by atoms with Gasteiger partial charge in [0.05, 0.1) is 12.5 Å². The summed E-state index contributed by atoms with van der Waals surface area (Å²) >= 11 is 0. The number of carbonyl (C=O) groups is 2. The topological polar surface area (TPSA) is 49.4 Å². The van der Waals surface area contributed by atoms with Crippen molar-refractivity contribution in [2.24, 2.45) is 0 Å². The molecule has 1 aliphatic rings. The van der Waals surface area contributed by atoms with Crippen LogP contribution in [0.1, 0.15) is 32.8 Å². The van der Waals surface area contributed by atoms with Crippen molar-refractivity contribution >= 4 is 11.8 Å². The Morgan fingerprint density at radius 3 is 2.62 bits per heavy atom. The second-order valence-electron chi connectivity index (χ2n) is 6.41. The molecule has 2 amide bonds. The molecule has 0 bridgehead atoms. The van der Waals surface area contributed by atoms with E-state index in [0.29, 0.717) is 18.5 Å². The molecular weight excluding hydrogens is 271 g/mol. The smallest absolute Gasteiger partial charge is 0.225 e. The lowest BCUT2D eigenvalue weighted by Crippen LogP contribution is -2.44. The first kappa shape index (κ1) is 15.5. The Kier molecular flexibility index (Phi) is 4.30. The summed E-state index contributed by atoms with van der Waals surface area (Å²) in [4.78, 5) is 25.7. The highest BCUT2D eigenvalue weighted by molar-refractivity contribution is 5.83. The molecule has 2 rings (SSSR count). The van der Waals surface area contributed by atoms with E-state index >= 15 is 0 Å². The second-order valence-corrected chi connectivity index (χ2v) is 6.41. The van der Waals surface area contributed by atoms with Crippen LogP contribution in [0, 0.1) is 5.82 Å². The van der Waals surface area contributed by atoms with Gasteiger partial charge < -0.3 is 10.2 Å². The van der Waals surface area contributed by atoms with Gasteiger partial charge in [0.15, 0.2) is 0 Å². The molecule has 1 heterocycles. The average molecular weight is 292 g/mol. The summed E-state index contributed by atoms with van der Waals surface area (Å²) < 4.78 is 13.5. The zero-order valence-electron chi connectivity index (χ0n) is 12.6. The minimum absolute atomic E-state index is 0.00706. The number of rotatable bonds is 3. The van der Waals surface area contributed by atoms with Crippen LogP contribution in [-0.4, -0.2) is 34.8 Å². The van der Waals surface area contributed by atoms with Crippen molar-refractivity contribution in [1.29, 1.82) is 0 Å². The first-order chi connectivity index (χ1) is 9.77. The molecule has 1 aromatic carbocycles. The third-order valence-corrected chi connectivity index (χ3v) is 3.61. The Labute approximate surface area is 124 Å². The maximum atomic E-state index is 13.5. The van der Waals surface area contributed by atoms with Gasteiger partial charge in [-0.15, -0.1) is 0 Å². The highest BCUT2D eigenvalue weighted by Gasteiger charge is 2.36. The summed E-state index contributed by atoms with van der Waals surface area (Å²) in [5, 5.41) is 2.82. The molecule has 0 spiro atoms. The molecule has 114 valence electrons. The van der Waals surface area contributed by atoms with Crippen molar-refractivity contribution in [3.63, 3.8) is 0 Å². The zero-order valence-corrected chi connectivity index (χ0v) is 12.6. The fourth-order valence-corrected chi connectivity index (χ4v) is 2.55. The molecule has 1 saturated heterocycles. The summed E-state index contributed by atoms with van der Waals surface area (Å²) in [7, 11) is 0. The maximum Gasteiger partial charge on any atom is 0.225 e. The zero-order chi connectivity index (χ0) is 15.6. The van der Waals surface area contributed by atoms with E-state index in [0.717, 1.165) is 0 Å². The highest BCUT2D eigenvalue weighted by atomic mass is 19.1. The van der Waals surface area contributed by atoms with Crippen LogP contribution < -0.4 is 5.32 Å².